The van der Waals surface area contributed by atoms with E-state index in [0.29, 0.717) is 23.1 Å². The molecule has 0 aliphatic heterocycles. The average Bonchev–Trinajstić information content (AvgIpc) is 2.97. The Morgan fingerprint density at radius 3 is 2.67 bits per heavy atom. The van der Waals surface area contributed by atoms with Crippen LogP contribution in [0.3, 0.4) is 0 Å². The first-order valence-electron chi connectivity index (χ1n) is 4.60. The first-order valence-corrected chi connectivity index (χ1v) is 5.39. The Balaban J connectivity index is 2.34. The van der Waals surface area contributed by atoms with Crippen molar-refractivity contribution in [1.82, 2.24) is 4.98 Å². The normalized spacial score (nSPS) is 19.6. The Labute approximate surface area is 95.1 Å². The zero-order valence-electron chi connectivity index (χ0n) is 7.85. The van der Waals surface area contributed by atoms with Gasteiger partial charge in [0.25, 0.3) is 0 Å². The van der Waals surface area contributed by atoms with Crippen molar-refractivity contribution in [2.75, 3.05) is 0 Å². The van der Waals surface area contributed by atoms with Gasteiger partial charge in [-0.25, -0.2) is 9.78 Å². The van der Waals surface area contributed by atoms with Crippen LogP contribution in [0.4, 0.5) is 0 Å². The van der Waals surface area contributed by atoms with E-state index >= 15 is 0 Å². The molecule has 1 aliphatic rings. The summed E-state index contributed by atoms with van der Waals surface area (Å²) in [5.41, 5.74) is -0.0259. The zero-order chi connectivity index (χ0) is 11.1. The minimum Gasteiger partial charge on any atom is -0.479 e. The molecule has 5 heteroatoms. The largest absolute Gasteiger partial charge is 0.479 e. The van der Waals surface area contributed by atoms with Crippen LogP contribution in [0.2, 0.25) is 0 Å². The van der Waals surface area contributed by atoms with Gasteiger partial charge >= 0.3 is 5.97 Å². The van der Waals surface area contributed by atoms with Gasteiger partial charge in [-0.15, -0.1) is 0 Å². The SMILES string of the molecule is O=C(O)C(O)C1(c2cccc(Br)n2)CC1. The highest BCUT2D eigenvalue weighted by Crippen LogP contribution is 2.50. The van der Waals surface area contributed by atoms with Gasteiger partial charge in [0, 0.05) is 5.41 Å². The highest BCUT2D eigenvalue weighted by molar-refractivity contribution is 9.10. The topological polar surface area (TPSA) is 70.4 Å². The molecule has 1 aromatic heterocycles. The summed E-state index contributed by atoms with van der Waals surface area (Å²) in [6.45, 7) is 0. The lowest BCUT2D eigenvalue weighted by molar-refractivity contribution is -0.148. The molecule has 1 atom stereocenters. The van der Waals surface area contributed by atoms with Crippen molar-refractivity contribution in [3.05, 3.63) is 28.5 Å². The number of pyridine rings is 1. The number of carbonyl (C=O) groups is 1. The number of carboxylic acid groups (broad SMARTS) is 1. The van der Waals surface area contributed by atoms with Crippen molar-refractivity contribution >= 4 is 21.9 Å². The lowest BCUT2D eigenvalue weighted by atomic mass is 9.94. The molecular formula is C10H10BrNO3. The fourth-order valence-electron chi connectivity index (χ4n) is 1.73. The number of aliphatic hydroxyl groups is 1. The Morgan fingerprint density at radius 1 is 1.53 bits per heavy atom. The second-order valence-corrected chi connectivity index (χ2v) is 4.55. The number of hydrogen-bond donors (Lipinski definition) is 2. The third-order valence-corrected chi connectivity index (χ3v) is 3.21. The molecule has 1 aliphatic carbocycles. The second kappa shape index (κ2) is 3.57. The summed E-state index contributed by atoms with van der Waals surface area (Å²) in [5, 5.41) is 18.4. The molecule has 1 unspecified atom stereocenters. The molecule has 80 valence electrons. The van der Waals surface area contributed by atoms with Gasteiger partial charge in [-0.1, -0.05) is 6.07 Å². The van der Waals surface area contributed by atoms with Gasteiger partial charge in [-0.3, -0.25) is 0 Å². The van der Waals surface area contributed by atoms with Crippen LogP contribution >= 0.6 is 15.9 Å². The first kappa shape index (κ1) is 10.6. The molecule has 4 nitrogen and oxygen atoms in total. The standard InChI is InChI=1S/C10H10BrNO3/c11-7-3-1-2-6(12-7)10(4-5-10)8(13)9(14)15/h1-3,8,13H,4-5H2,(H,14,15). The smallest absolute Gasteiger partial charge is 0.333 e. The van der Waals surface area contributed by atoms with E-state index in [2.05, 4.69) is 20.9 Å². The zero-order valence-corrected chi connectivity index (χ0v) is 9.44. The van der Waals surface area contributed by atoms with Gasteiger partial charge in [0.1, 0.15) is 4.60 Å². The summed E-state index contributed by atoms with van der Waals surface area (Å²) in [5.74, 6) is -1.19. The highest BCUT2D eigenvalue weighted by atomic mass is 79.9. The fourth-order valence-corrected chi connectivity index (χ4v) is 2.07. The summed E-state index contributed by atoms with van der Waals surface area (Å²) >= 11 is 3.23. The summed E-state index contributed by atoms with van der Waals surface area (Å²) in [4.78, 5) is 15.0. The monoisotopic (exact) mass is 271 g/mol. The minimum atomic E-state index is -1.36. The second-order valence-electron chi connectivity index (χ2n) is 3.74. The number of hydrogen-bond acceptors (Lipinski definition) is 3. The molecule has 0 saturated heterocycles. The lowest BCUT2D eigenvalue weighted by Crippen LogP contribution is -2.34. The minimum absolute atomic E-state index is 0.645. The maximum absolute atomic E-state index is 10.8. The van der Waals surface area contributed by atoms with Crippen molar-refractivity contribution < 1.29 is 15.0 Å². The van der Waals surface area contributed by atoms with Crippen LogP contribution in [0.15, 0.2) is 22.8 Å². The van der Waals surface area contributed by atoms with Crippen LogP contribution in [0.25, 0.3) is 0 Å². The predicted octanol–water partition coefficient (Wildman–Crippen LogP) is 1.32. The number of halogens is 1. The summed E-state index contributed by atoms with van der Waals surface area (Å²) in [6.07, 6.45) is -0.0206. The van der Waals surface area contributed by atoms with Crippen LogP contribution in [0, 0.1) is 0 Å². The van der Waals surface area contributed by atoms with Crippen LogP contribution in [0.1, 0.15) is 18.5 Å². The number of aliphatic carboxylic acids is 1. The van der Waals surface area contributed by atoms with E-state index in [0.717, 1.165) is 0 Å². The average molecular weight is 272 g/mol. The van der Waals surface area contributed by atoms with Crippen LogP contribution in [-0.4, -0.2) is 27.3 Å². The number of aliphatic hydroxyl groups excluding tert-OH is 1. The molecule has 0 bridgehead atoms. The van der Waals surface area contributed by atoms with Crippen LogP contribution in [0.5, 0.6) is 0 Å². The molecule has 0 aromatic carbocycles. The van der Waals surface area contributed by atoms with Crippen molar-refractivity contribution in [3.8, 4) is 0 Å². The molecule has 1 fully saturated rings. The van der Waals surface area contributed by atoms with Crippen molar-refractivity contribution in [2.24, 2.45) is 0 Å². The molecule has 15 heavy (non-hydrogen) atoms. The van der Waals surface area contributed by atoms with Gasteiger partial charge in [-0.05, 0) is 40.9 Å². The summed E-state index contributed by atoms with van der Waals surface area (Å²) < 4.78 is 0.656. The summed E-state index contributed by atoms with van der Waals surface area (Å²) in [7, 11) is 0. The summed E-state index contributed by atoms with van der Waals surface area (Å²) in [6, 6.07) is 5.32. The lowest BCUT2D eigenvalue weighted by Gasteiger charge is -2.17. The van der Waals surface area contributed by atoms with Crippen molar-refractivity contribution in [2.45, 2.75) is 24.4 Å². The Kier molecular flexibility index (Phi) is 2.52. The molecule has 2 N–H and O–H groups in total. The highest BCUT2D eigenvalue weighted by Gasteiger charge is 2.54. The molecule has 0 amide bonds. The molecular weight excluding hydrogens is 262 g/mol. The predicted molar refractivity (Wildman–Crippen MR) is 56.5 cm³/mol. The Hall–Kier alpha value is -0.940. The third-order valence-electron chi connectivity index (χ3n) is 2.77. The van der Waals surface area contributed by atoms with Crippen molar-refractivity contribution in [3.63, 3.8) is 0 Å². The van der Waals surface area contributed by atoms with Gasteiger partial charge in [0.2, 0.25) is 0 Å². The molecule has 0 spiro atoms. The molecule has 0 radical (unpaired) electrons. The number of rotatable bonds is 3. The maximum Gasteiger partial charge on any atom is 0.333 e. The van der Waals surface area contributed by atoms with Gasteiger partial charge in [-0.2, -0.15) is 0 Å². The van der Waals surface area contributed by atoms with E-state index in [1.165, 1.54) is 0 Å². The maximum atomic E-state index is 10.8. The quantitative estimate of drug-likeness (QED) is 0.814. The van der Waals surface area contributed by atoms with E-state index in [1.54, 1.807) is 18.2 Å². The van der Waals surface area contributed by atoms with Crippen LogP contribution in [-0.2, 0) is 10.2 Å². The van der Waals surface area contributed by atoms with Gasteiger partial charge < -0.3 is 10.2 Å². The fraction of sp³-hybridized carbons (Fsp3) is 0.400. The molecule has 1 saturated carbocycles. The Morgan fingerprint density at radius 2 is 2.20 bits per heavy atom. The van der Waals surface area contributed by atoms with E-state index < -0.39 is 17.5 Å². The number of aromatic nitrogens is 1. The van der Waals surface area contributed by atoms with E-state index in [1.807, 2.05) is 0 Å². The number of nitrogens with zero attached hydrogens (tertiary/aromatic N) is 1. The van der Waals surface area contributed by atoms with E-state index in [4.69, 9.17) is 5.11 Å². The number of carboxylic acids is 1. The first-order chi connectivity index (χ1) is 7.06. The third kappa shape index (κ3) is 1.77. The van der Waals surface area contributed by atoms with Crippen LogP contribution < -0.4 is 0 Å². The molecule has 1 heterocycles. The Bertz CT molecular complexity index is 403. The van der Waals surface area contributed by atoms with Gasteiger partial charge in [0.05, 0.1) is 5.69 Å². The van der Waals surface area contributed by atoms with Crippen molar-refractivity contribution in [1.29, 1.82) is 0 Å². The van der Waals surface area contributed by atoms with E-state index in [9.17, 15) is 9.90 Å². The van der Waals surface area contributed by atoms with E-state index in [-0.39, 0.29) is 0 Å². The molecule has 2 rings (SSSR count). The van der Waals surface area contributed by atoms with Gasteiger partial charge in [0.15, 0.2) is 6.10 Å². The molecule has 1 aromatic rings.